The zero-order chi connectivity index (χ0) is 46.3. The summed E-state index contributed by atoms with van der Waals surface area (Å²) in [5.74, 6) is -0.0797. The van der Waals surface area contributed by atoms with Crippen molar-refractivity contribution in [3.05, 3.63) is 60.8 Å². The first-order valence-electron chi connectivity index (χ1n) is 28.5. The topological polar surface area (TPSA) is 69.6 Å². The number of amides is 1. The summed E-state index contributed by atoms with van der Waals surface area (Å²) in [5.41, 5.74) is 0. The highest BCUT2D eigenvalue weighted by atomic mass is 16.3. The second kappa shape index (κ2) is 55.4. The molecule has 3 N–H and O–H groups in total. The lowest BCUT2D eigenvalue weighted by atomic mass is 10.0. The van der Waals surface area contributed by atoms with Gasteiger partial charge < -0.3 is 15.5 Å². The van der Waals surface area contributed by atoms with Crippen molar-refractivity contribution in [1.29, 1.82) is 0 Å². The molecule has 0 aromatic rings. The predicted molar refractivity (Wildman–Crippen MR) is 285 cm³/mol. The first kappa shape index (κ1) is 62.1. The zero-order valence-corrected chi connectivity index (χ0v) is 43.1. The highest BCUT2D eigenvalue weighted by Gasteiger charge is 2.18. The van der Waals surface area contributed by atoms with Gasteiger partial charge in [-0.25, -0.2) is 0 Å². The van der Waals surface area contributed by atoms with E-state index in [1.807, 2.05) is 6.08 Å². The molecule has 0 aliphatic rings. The molecule has 0 fully saturated rings. The van der Waals surface area contributed by atoms with Crippen molar-refractivity contribution in [2.45, 2.75) is 309 Å². The summed E-state index contributed by atoms with van der Waals surface area (Å²) >= 11 is 0. The molecule has 0 spiro atoms. The van der Waals surface area contributed by atoms with Gasteiger partial charge in [0.05, 0.1) is 18.8 Å². The summed E-state index contributed by atoms with van der Waals surface area (Å²) in [6.45, 7) is 4.31. The van der Waals surface area contributed by atoms with Crippen LogP contribution in [0, 0.1) is 0 Å². The highest BCUT2D eigenvalue weighted by molar-refractivity contribution is 5.76. The number of hydrogen-bond acceptors (Lipinski definition) is 3. The lowest BCUT2D eigenvalue weighted by Gasteiger charge is -2.19. The maximum Gasteiger partial charge on any atom is 0.220 e. The molecule has 0 aromatic carbocycles. The Kier molecular flexibility index (Phi) is 53.8. The molecule has 0 rings (SSSR count). The molecule has 0 bridgehead atoms. The Hall–Kier alpha value is -1.91. The Bertz CT molecular complexity index is 1060. The summed E-state index contributed by atoms with van der Waals surface area (Å²) in [7, 11) is 0. The minimum Gasteiger partial charge on any atom is -0.394 e. The molecule has 1 amide bonds. The first-order chi connectivity index (χ1) is 31.7. The third-order valence-corrected chi connectivity index (χ3v) is 13.0. The largest absolute Gasteiger partial charge is 0.394 e. The van der Waals surface area contributed by atoms with Crippen LogP contribution in [0.3, 0.4) is 0 Å². The zero-order valence-electron chi connectivity index (χ0n) is 43.1. The number of carbonyl (C=O) groups excluding carboxylic acids is 1. The third-order valence-electron chi connectivity index (χ3n) is 13.0. The molecule has 0 aromatic heterocycles. The second-order valence-corrected chi connectivity index (χ2v) is 19.3. The van der Waals surface area contributed by atoms with E-state index in [-0.39, 0.29) is 12.5 Å². The summed E-state index contributed by atoms with van der Waals surface area (Å²) in [5, 5.41) is 23.1. The number of allylic oxidation sites excluding steroid dienone is 9. The van der Waals surface area contributed by atoms with Crippen LogP contribution in [-0.4, -0.2) is 34.9 Å². The molecule has 4 nitrogen and oxygen atoms in total. The van der Waals surface area contributed by atoms with Crippen LogP contribution in [0.1, 0.15) is 296 Å². The van der Waals surface area contributed by atoms with Gasteiger partial charge in [-0.2, -0.15) is 0 Å². The second-order valence-electron chi connectivity index (χ2n) is 19.3. The van der Waals surface area contributed by atoms with E-state index in [1.165, 1.54) is 225 Å². The molecule has 0 heterocycles. The smallest absolute Gasteiger partial charge is 0.220 e. The lowest BCUT2D eigenvalue weighted by molar-refractivity contribution is -0.123. The van der Waals surface area contributed by atoms with Gasteiger partial charge in [-0.05, 0) is 70.6 Å². The minimum absolute atomic E-state index is 0.0797. The molecule has 0 aliphatic heterocycles. The number of nitrogens with one attached hydrogen (secondary N) is 1. The minimum atomic E-state index is -0.869. The normalized spacial score (nSPS) is 13.2. The van der Waals surface area contributed by atoms with Crippen molar-refractivity contribution < 1.29 is 15.0 Å². The van der Waals surface area contributed by atoms with Crippen molar-refractivity contribution in [2.24, 2.45) is 0 Å². The monoisotopic (exact) mass is 894 g/mol. The quantitative estimate of drug-likeness (QED) is 0.0421. The molecule has 2 unspecified atom stereocenters. The van der Waals surface area contributed by atoms with Gasteiger partial charge in [-0.1, -0.05) is 280 Å². The Balaban J connectivity index is 3.55. The predicted octanol–water partition coefficient (Wildman–Crippen LogP) is 18.8. The number of rotatable bonds is 52. The van der Waals surface area contributed by atoms with Crippen LogP contribution in [0.5, 0.6) is 0 Å². The van der Waals surface area contributed by atoms with Gasteiger partial charge >= 0.3 is 0 Å². The molecule has 2 atom stereocenters. The number of carbonyl (C=O) groups is 1. The fourth-order valence-corrected chi connectivity index (χ4v) is 8.62. The van der Waals surface area contributed by atoms with E-state index in [2.05, 4.69) is 67.8 Å². The fraction of sp³-hybridized carbons (Fsp3) is 0.817. The molecule has 0 saturated heterocycles. The van der Waals surface area contributed by atoms with E-state index in [4.69, 9.17) is 0 Å². The van der Waals surface area contributed by atoms with E-state index in [9.17, 15) is 15.0 Å². The van der Waals surface area contributed by atoms with Crippen LogP contribution in [0.4, 0.5) is 0 Å². The standard InChI is InChI=1S/C60H111NO3/c1-3-5-7-9-11-13-15-17-19-21-23-25-27-28-29-30-31-32-34-35-37-39-41-43-45-47-49-51-53-55-59(63)58(57-62)61-60(64)56-54-52-50-48-46-44-42-40-38-36-33-26-24-22-20-18-16-14-12-10-8-6-4-2/h16,18,22,24,33,36,45,47,53,55,58-59,62-63H,3-15,17,19-21,23,25-32,34-35,37-44,46,48-52,54,56-57H2,1-2H3,(H,61,64)/b18-16-,24-22-,36-33-,47-45+,55-53+. The van der Waals surface area contributed by atoms with E-state index in [0.717, 1.165) is 51.4 Å². The van der Waals surface area contributed by atoms with Crippen LogP contribution in [-0.2, 0) is 4.79 Å². The maximum absolute atomic E-state index is 12.5. The van der Waals surface area contributed by atoms with Crippen molar-refractivity contribution >= 4 is 5.91 Å². The fourth-order valence-electron chi connectivity index (χ4n) is 8.62. The van der Waals surface area contributed by atoms with Gasteiger partial charge in [-0.3, -0.25) is 4.79 Å². The van der Waals surface area contributed by atoms with Gasteiger partial charge in [0.25, 0.3) is 0 Å². The maximum atomic E-state index is 12.5. The molecule has 374 valence electrons. The first-order valence-corrected chi connectivity index (χ1v) is 28.5. The van der Waals surface area contributed by atoms with Gasteiger partial charge in [0.15, 0.2) is 0 Å². The Labute approximate surface area is 400 Å². The number of hydrogen-bond donors (Lipinski definition) is 3. The molecule has 4 heteroatoms. The van der Waals surface area contributed by atoms with Crippen LogP contribution in [0.15, 0.2) is 60.8 Å². The van der Waals surface area contributed by atoms with Gasteiger partial charge in [0.2, 0.25) is 5.91 Å². The number of aliphatic hydroxyl groups excluding tert-OH is 2. The van der Waals surface area contributed by atoms with E-state index >= 15 is 0 Å². The lowest BCUT2D eigenvalue weighted by Crippen LogP contribution is -2.45. The summed E-state index contributed by atoms with van der Waals surface area (Å²) < 4.78 is 0. The molecule has 0 radical (unpaired) electrons. The summed E-state index contributed by atoms with van der Waals surface area (Å²) in [6, 6.07) is -0.647. The Morgan fingerprint density at radius 1 is 0.375 bits per heavy atom. The molecule has 0 aliphatic carbocycles. The van der Waals surface area contributed by atoms with Crippen LogP contribution in [0.25, 0.3) is 0 Å². The summed E-state index contributed by atoms with van der Waals surface area (Å²) in [6.07, 6.45) is 78.1. The van der Waals surface area contributed by atoms with Crippen LogP contribution >= 0.6 is 0 Å². The van der Waals surface area contributed by atoms with Crippen LogP contribution in [0.2, 0.25) is 0 Å². The van der Waals surface area contributed by atoms with Crippen molar-refractivity contribution in [1.82, 2.24) is 5.32 Å². The number of unbranched alkanes of at least 4 members (excludes halogenated alkanes) is 37. The van der Waals surface area contributed by atoms with Crippen LogP contribution < -0.4 is 5.32 Å². The van der Waals surface area contributed by atoms with Gasteiger partial charge in [-0.15, -0.1) is 0 Å². The van der Waals surface area contributed by atoms with E-state index < -0.39 is 12.1 Å². The Morgan fingerprint density at radius 3 is 1.02 bits per heavy atom. The van der Waals surface area contributed by atoms with Gasteiger partial charge in [0.1, 0.15) is 0 Å². The molecule has 0 saturated carbocycles. The highest BCUT2D eigenvalue weighted by Crippen LogP contribution is 2.17. The van der Waals surface area contributed by atoms with E-state index in [1.54, 1.807) is 6.08 Å². The Morgan fingerprint density at radius 2 is 0.656 bits per heavy atom. The molecule has 64 heavy (non-hydrogen) atoms. The third kappa shape index (κ3) is 51.1. The number of aliphatic hydroxyl groups is 2. The summed E-state index contributed by atoms with van der Waals surface area (Å²) in [4.78, 5) is 12.5. The average Bonchev–Trinajstić information content (AvgIpc) is 3.30. The van der Waals surface area contributed by atoms with Crippen molar-refractivity contribution in [3.8, 4) is 0 Å². The van der Waals surface area contributed by atoms with Gasteiger partial charge in [0, 0.05) is 6.42 Å². The van der Waals surface area contributed by atoms with Crippen molar-refractivity contribution in [2.75, 3.05) is 6.61 Å². The SMILES string of the molecule is CCCCCCC/C=C\C/C=C\C/C=C\CCCCCCCCCCC(=O)NC(CO)C(O)/C=C/CC/C=C/CCCCCCCCCCCCCCCCCCCCCCCCC. The van der Waals surface area contributed by atoms with E-state index in [0.29, 0.717) is 6.42 Å². The van der Waals surface area contributed by atoms with Crippen molar-refractivity contribution in [3.63, 3.8) is 0 Å². The molecular formula is C60H111NO3. The average molecular weight is 895 g/mol. The molecular weight excluding hydrogens is 783 g/mol.